The molecule has 0 atom stereocenters. The third-order valence-electron chi connectivity index (χ3n) is 4.17. The number of rotatable bonds is 2. The smallest absolute Gasteiger partial charge is 0.345 e. The zero-order valence-corrected chi connectivity index (χ0v) is 12.6. The minimum atomic E-state index is -4.72. The summed E-state index contributed by atoms with van der Waals surface area (Å²) in [5.74, 6) is -0.212. The molecule has 1 aliphatic heterocycles. The second-order valence-corrected chi connectivity index (χ2v) is 5.81. The predicted octanol–water partition coefficient (Wildman–Crippen LogP) is 4.01. The molecule has 0 unspecified atom stereocenters. The van der Waals surface area contributed by atoms with Gasteiger partial charge in [-0.05, 0) is 51.1 Å². The van der Waals surface area contributed by atoms with E-state index >= 15 is 0 Å². The lowest BCUT2D eigenvalue weighted by molar-refractivity contribution is -0.139. The molecule has 1 saturated heterocycles. The lowest BCUT2D eigenvalue weighted by Gasteiger charge is -2.20. The first-order valence-electron chi connectivity index (χ1n) is 7.50. The Hall–Kier alpha value is -1.89. The monoisotopic (exact) mass is 327 g/mol. The number of nitrogens with one attached hydrogen (secondary N) is 2. The zero-order valence-electron chi connectivity index (χ0n) is 12.6. The molecule has 7 heteroatoms. The Balaban J connectivity index is 1.97. The van der Waals surface area contributed by atoms with E-state index in [0.29, 0.717) is 11.4 Å². The van der Waals surface area contributed by atoms with Crippen LogP contribution in [0.15, 0.2) is 18.2 Å². The minimum Gasteiger partial charge on any atom is -0.345 e. The number of aromatic nitrogens is 2. The molecule has 2 heterocycles. The third kappa shape index (κ3) is 3.24. The van der Waals surface area contributed by atoms with Crippen molar-refractivity contribution in [2.24, 2.45) is 0 Å². The lowest BCUT2D eigenvalue weighted by atomic mass is 9.98. The Morgan fingerprint density at radius 3 is 2.52 bits per heavy atom. The van der Waals surface area contributed by atoms with E-state index in [1.807, 2.05) is 0 Å². The molecule has 124 valence electrons. The Bertz CT molecular complexity index is 700. The molecule has 0 saturated carbocycles. The molecule has 23 heavy (non-hydrogen) atoms. The number of halogens is 4. The van der Waals surface area contributed by atoms with Gasteiger partial charge in [0.2, 0.25) is 0 Å². The molecule has 2 N–H and O–H groups in total. The van der Waals surface area contributed by atoms with Gasteiger partial charge in [-0.15, -0.1) is 0 Å². The maximum absolute atomic E-state index is 13.4. The van der Waals surface area contributed by atoms with Gasteiger partial charge in [0.15, 0.2) is 0 Å². The number of nitrogens with zero attached hydrogens (tertiary/aromatic N) is 1. The summed E-state index contributed by atoms with van der Waals surface area (Å²) in [6.45, 7) is 3.56. The summed E-state index contributed by atoms with van der Waals surface area (Å²) in [4.78, 5) is 7.66. The normalized spacial score (nSPS) is 16.7. The average Bonchev–Trinajstić information content (AvgIpc) is 2.89. The number of H-pyrrole nitrogens is 1. The van der Waals surface area contributed by atoms with Gasteiger partial charge >= 0.3 is 6.18 Å². The number of aryl methyl sites for hydroxylation is 1. The highest BCUT2D eigenvalue weighted by atomic mass is 19.4. The molecule has 0 amide bonds. The fraction of sp³-hybridized carbons (Fsp3) is 0.438. The van der Waals surface area contributed by atoms with Gasteiger partial charge in [0.05, 0.1) is 11.3 Å². The van der Waals surface area contributed by atoms with Crippen LogP contribution in [0.4, 0.5) is 17.6 Å². The first-order chi connectivity index (χ1) is 10.9. The fourth-order valence-electron chi connectivity index (χ4n) is 2.94. The molecule has 0 aliphatic carbocycles. The second kappa shape index (κ2) is 5.96. The van der Waals surface area contributed by atoms with E-state index in [1.54, 1.807) is 6.92 Å². The highest BCUT2D eigenvalue weighted by Crippen LogP contribution is 2.35. The van der Waals surface area contributed by atoms with Crippen LogP contribution in [-0.4, -0.2) is 23.1 Å². The van der Waals surface area contributed by atoms with Gasteiger partial charge in [-0.25, -0.2) is 9.37 Å². The summed E-state index contributed by atoms with van der Waals surface area (Å²) < 4.78 is 52.0. The fourth-order valence-corrected chi connectivity index (χ4v) is 2.94. The van der Waals surface area contributed by atoms with E-state index < -0.39 is 17.6 Å². The van der Waals surface area contributed by atoms with E-state index in [4.69, 9.17) is 0 Å². The van der Waals surface area contributed by atoms with Crippen LogP contribution < -0.4 is 5.32 Å². The van der Waals surface area contributed by atoms with Crippen molar-refractivity contribution in [3.63, 3.8) is 0 Å². The summed E-state index contributed by atoms with van der Waals surface area (Å²) in [6, 6.07) is 3.00. The van der Waals surface area contributed by atoms with Gasteiger partial charge in [0.1, 0.15) is 11.6 Å². The van der Waals surface area contributed by atoms with Crippen LogP contribution in [0.5, 0.6) is 0 Å². The summed E-state index contributed by atoms with van der Waals surface area (Å²) >= 11 is 0. The molecular formula is C16H17F4N3. The van der Waals surface area contributed by atoms with Crippen molar-refractivity contribution < 1.29 is 17.6 Å². The maximum atomic E-state index is 13.4. The van der Waals surface area contributed by atoms with E-state index in [2.05, 4.69) is 15.3 Å². The first-order valence-corrected chi connectivity index (χ1v) is 7.50. The largest absolute Gasteiger partial charge is 0.419 e. The Labute approximate surface area is 131 Å². The van der Waals surface area contributed by atoms with Gasteiger partial charge < -0.3 is 10.3 Å². The third-order valence-corrected chi connectivity index (χ3v) is 4.17. The number of alkyl halides is 3. The molecule has 3 nitrogen and oxygen atoms in total. The van der Waals surface area contributed by atoms with E-state index in [9.17, 15) is 17.6 Å². The number of aromatic amines is 1. The average molecular weight is 327 g/mol. The van der Waals surface area contributed by atoms with Crippen LogP contribution in [0.3, 0.4) is 0 Å². The van der Waals surface area contributed by atoms with Crippen LogP contribution in [-0.2, 0) is 6.18 Å². The molecule has 1 aliphatic rings. The minimum absolute atomic E-state index is 0.270. The summed E-state index contributed by atoms with van der Waals surface area (Å²) in [7, 11) is 0. The summed E-state index contributed by atoms with van der Waals surface area (Å²) in [6.07, 6.45) is -2.85. The van der Waals surface area contributed by atoms with Crippen molar-refractivity contribution in [3.05, 3.63) is 41.1 Å². The van der Waals surface area contributed by atoms with Gasteiger partial charge in [-0.3, -0.25) is 0 Å². The number of hydrogen-bond donors (Lipinski definition) is 2. The quantitative estimate of drug-likeness (QED) is 0.818. The van der Waals surface area contributed by atoms with Crippen molar-refractivity contribution in [1.82, 2.24) is 15.3 Å². The first kappa shape index (κ1) is 16.0. The number of imidazole rings is 1. The van der Waals surface area contributed by atoms with Crippen LogP contribution in [0.25, 0.3) is 11.3 Å². The zero-order chi connectivity index (χ0) is 16.6. The van der Waals surface area contributed by atoms with Crippen molar-refractivity contribution in [2.45, 2.75) is 31.9 Å². The van der Waals surface area contributed by atoms with Gasteiger partial charge in [0, 0.05) is 17.2 Å². The van der Waals surface area contributed by atoms with Gasteiger partial charge in [-0.1, -0.05) is 0 Å². The van der Waals surface area contributed by atoms with Crippen LogP contribution in [0.2, 0.25) is 0 Å². The standard InChI is InChI=1S/C16H17F4N3/c1-9-14(23-15(22-9)10-4-6-21-7-5-10)11-2-3-13(17)12(8-11)16(18,19)20/h2-3,8,10,21H,4-7H2,1H3,(H,22,23). The number of benzene rings is 1. The molecule has 1 aromatic carbocycles. The highest BCUT2D eigenvalue weighted by molar-refractivity contribution is 5.63. The molecule has 2 aromatic rings. The van der Waals surface area contributed by atoms with Crippen molar-refractivity contribution in [1.29, 1.82) is 0 Å². The Kier molecular flexibility index (Phi) is 4.14. The van der Waals surface area contributed by atoms with E-state index in [-0.39, 0.29) is 11.5 Å². The Morgan fingerprint density at radius 1 is 1.17 bits per heavy atom. The van der Waals surface area contributed by atoms with Crippen molar-refractivity contribution in [3.8, 4) is 11.3 Å². The molecule has 3 rings (SSSR count). The molecule has 0 bridgehead atoms. The Morgan fingerprint density at radius 2 is 1.87 bits per heavy atom. The molecule has 1 fully saturated rings. The van der Waals surface area contributed by atoms with Crippen molar-refractivity contribution in [2.75, 3.05) is 13.1 Å². The van der Waals surface area contributed by atoms with Crippen LogP contribution in [0.1, 0.15) is 35.8 Å². The highest BCUT2D eigenvalue weighted by Gasteiger charge is 2.34. The van der Waals surface area contributed by atoms with Crippen LogP contribution in [0, 0.1) is 12.7 Å². The van der Waals surface area contributed by atoms with Crippen LogP contribution >= 0.6 is 0 Å². The number of hydrogen-bond acceptors (Lipinski definition) is 2. The van der Waals surface area contributed by atoms with Crippen molar-refractivity contribution >= 4 is 0 Å². The molecule has 1 aromatic heterocycles. The van der Waals surface area contributed by atoms with E-state index in [0.717, 1.165) is 43.9 Å². The lowest BCUT2D eigenvalue weighted by Crippen LogP contribution is -2.27. The van der Waals surface area contributed by atoms with Gasteiger partial charge in [-0.2, -0.15) is 13.2 Å². The SMILES string of the molecule is Cc1[nH]c(C2CCNCC2)nc1-c1ccc(F)c(C(F)(F)F)c1. The van der Waals surface area contributed by atoms with Gasteiger partial charge in [0.25, 0.3) is 0 Å². The summed E-state index contributed by atoms with van der Waals surface area (Å²) in [5.41, 5.74) is 0.149. The predicted molar refractivity (Wildman–Crippen MR) is 78.6 cm³/mol. The molecular weight excluding hydrogens is 310 g/mol. The number of piperidine rings is 1. The summed E-state index contributed by atoms with van der Waals surface area (Å²) in [5, 5.41) is 3.26. The topological polar surface area (TPSA) is 40.7 Å². The molecule has 0 radical (unpaired) electrons. The maximum Gasteiger partial charge on any atom is 0.419 e. The second-order valence-electron chi connectivity index (χ2n) is 5.81. The molecule has 0 spiro atoms. The van der Waals surface area contributed by atoms with E-state index in [1.165, 1.54) is 6.07 Å².